The van der Waals surface area contributed by atoms with Crippen LogP contribution in [0, 0.1) is 13.8 Å². The number of hydrogen-bond donors (Lipinski definition) is 1. The minimum absolute atomic E-state index is 0.0805. The van der Waals surface area contributed by atoms with Gasteiger partial charge in [-0.3, -0.25) is 9.59 Å². The van der Waals surface area contributed by atoms with E-state index >= 15 is 0 Å². The van der Waals surface area contributed by atoms with Gasteiger partial charge in [0.1, 0.15) is 0 Å². The molecule has 0 atom stereocenters. The van der Waals surface area contributed by atoms with Crippen molar-refractivity contribution in [1.29, 1.82) is 0 Å². The zero-order valence-corrected chi connectivity index (χ0v) is 15.4. The molecular weight excluding hydrogens is 314 g/mol. The van der Waals surface area contributed by atoms with Crippen LogP contribution < -0.4 is 5.56 Å². The molecule has 25 heavy (non-hydrogen) atoms. The Bertz CT molecular complexity index is 833. The summed E-state index contributed by atoms with van der Waals surface area (Å²) in [6, 6.07) is 6.08. The van der Waals surface area contributed by atoms with Crippen LogP contribution in [0.25, 0.3) is 10.9 Å². The third kappa shape index (κ3) is 3.93. The van der Waals surface area contributed by atoms with Crippen molar-refractivity contribution < 1.29 is 4.79 Å². The van der Waals surface area contributed by atoms with Crippen molar-refractivity contribution in [3.05, 3.63) is 45.2 Å². The van der Waals surface area contributed by atoms with E-state index in [0.29, 0.717) is 18.4 Å². The normalized spacial score (nSPS) is 15.7. The van der Waals surface area contributed by atoms with Gasteiger partial charge >= 0.3 is 0 Å². The summed E-state index contributed by atoms with van der Waals surface area (Å²) in [6.07, 6.45) is 0.886. The quantitative estimate of drug-likeness (QED) is 0.928. The molecule has 0 saturated carbocycles. The molecule has 2 aromatic rings. The predicted octanol–water partition coefficient (Wildman–Crippen LogP) is 2.24. The largest absolute Gasteiger partial charge is 0.340 e. The monoisotopic (exact) mass is 341 g/mol. The van der Waals surface area contributed by atoms with Crippen LogP contribution in [0.15, 0.2) is 23.0 Å². The standard InChI is InChI=1S/C20H27N3O2/c1-4-22-7-9-23(10-8-22)18(24)6-5-16-13-17-12-14(2)11-15(3)19(17)21-20(16)25/h11-13H,4-10H2,1-3H3,(H,21,25). The minimum Gasteiger partial charge on any atom is -0.340 e. The highest BCUT2D eigenvalue weighted by molar-refractivity contribution is 5.83. The van der Waals surface area contributed by atoms with Crippen molar-refractivity contribution in [2.45, 2.75) is 33.6 Å². The van der Waals surface area contributed by atoms with Gasteiger partial charge in [0, 0.05) is 38.2 Å². The van der Waals surface area contributed by atoms with E-state index < -0.39 is 0 Å². The summed E-state index contributed by atoms with van der Waals surface area (Å²) < 4.78 is 0. The first kappa shape index (κ1) is 17.7. The lowest BCUT2D eigenvalue weighted by molar-refractivity contribution is -0.132. The van der Waals surface area contributed by atoms with Crippen molar-refractivity contribution in [1.82, 2.24) is 14.8 Å². The molecule has 1 amide bonds. The third-order valence-corrected chi connectivity index (χ3v) is 5.15. The Labute approximate surface area is 148 Å². The van der Waals surface area contributed by atoms with Crippen LogP contribution in [-0.4, -0.2) is 53.4 Å². The Kier molecular flexibility index (Phi) is 5.23. The molecule has 1 saturated heterocycles. The number of amides is 1. The molecule has 0 bridgehead atoms. The van der Waals surface area contributed by atoms with Crippen LogP contribution in [0.1, 0.15) is 30.0 Å². The summed E-state index contributed by atoms with van der Waals surface area (Å²) in [5.41, 5.74) is 3.75. The van der Waals surface area contributed by atoms with Gasteiger partial charge in [-0.05, 0) is 49.9 Å². The third-order valence-electron chi connectivity index (χ3n) is 5.15. The van der Waals surface area contributed by atoms with Gasteiger partial charge in [0.15, 0.2) is 0 Å². The smallest absolute Gasteiger partial charge is 0.251 e. The van der Waals surface area contributed by atoms with Crippen molar-refractivity contribution in [3.63, 3.8) is 0 Å². The number of piperazine rings is 1. The zero-order valence-electron chi connectivity index (χ0n) is 15.4. The summed E-state index contributed by atoms with van der Waals surface area (Å²) in [7, 11) is 0. The predicted molar refractivity (Wildman–Crippen MR) is 101 cm³/mol. The van der Waals surface area contributed by atoms with Crippen LogP contribution in [-0.2, 0) is 11.2 Å². The highest BCUT2D eigenvalue weighted by atomic mass is 16.2. The average Bonchev–Trinajstić information content (AvgIpc) is 2.60. The molecule has 5 heteroatoms. The molecule has 0 aliphatic carbocycles. The van der Waals surface area contributed by atoms with Crippen LogP contribution in [0.5, 0.6) is 0 Å². The average molecular weight is 341 g/mol. The summed E-state index contributed by atoms with van der Waals surface area (Å²) >= 11 is 0. The van der Waals surface area contributed by atoms with Crippen molar-refractivity contribution in [2.75, 3.05) is 32.7 Å². The van der Waals surface area contributed by atoms with E-state index in [1.165, 1.54) is 5.56 Å². The van der Waals surface area contributed by atoms with E-state index in [1.54, 1.807) is 0 Å². The van der Waals surface area contributed by atoms with E-state index in [9.17, 15) is 9.59 Å². The number of aryl methyl sites for hydroxylation is 3. The van der Waals surface area contributed by atoms with Gasteiger partial charge in [-0.15, -0.1) is 0 Å². The number of nitrogens with one attached hydrogen (secondary N) is 1. The van der Waals surface area contributed by atoms with Crippen molar-refractivity contribution in [2.24, 2.45) is 0 Å². The summed E-state index contributed by atoms with van der Waals surface area (Å²) in [5, 5.41) is 1.04. The maximum absolute atomic E-state index is 12.4. The van der Waals surface area contributed by atoms with Crippen LogP contribution >= 0.6 is 0 Å². The molecule has 2 heterocycles. The van der Waals surface area contributed by atoms with Crippen molar-refractivity contribution >= 4 is 16.8 Å². The first-order chi connectivity index (χ1) is 12.0. The number of carbonyl (C=O) groups excluding carboxylic acids is 1. The highest BCUT2D eigenvalue weighted by Crippen LogP contribution is 2.18. The fraction of sp³-hybridized carbons (Fsp3) is 0.500. The molecule has 0 radical (unpaired) electrons. The fourth-order valence-corrected chi connectivity index (χ4v) is 3.63. The second-order valence-electron chi connectivity index (χ2n) is 6.98. The Morgan fingerprint density at radius 3 is 2.52 bits per heavy atom. The number of benzene rings is 1. The fourth-order valence-electron chi connectivity index (χ4n) is 3.63. The van der Waals surface area contributed by atoms with E-state index in [1.807, 2.05) is 17.9 Å². The number of aromatic nitrogens is 1. The first-order valence-electron chi connectivity index (χ1n) is 9.11. The molecule has 5 nitrogen and oxygen atoms in total. The number of likely N-dealkylation sites (N-methyl/N-ethyl adjacent to an activating group) is 1. The Morgan fingerprint density at radius 1 is 1.12 bits per heavy atom. The molecule has 1 N–H and O–H groups in total. The number of aromatic amines is 1. The molecule has 0 spiro atoms. The lowest BCUT2D eigenvalue weighted by Gasteiger charge is -2.34. The van der Waals surface area contributed by atoms with Gasteiger partial charge in [0.2, 0.25) is 5.91 Å². The van der Waals surface area contributed by atoms with Gasteiger partial charge < -0.3 is 14.8 Å². The van der Waals surface area contributed by atoms with Gasteiger partial charge in [-0.1, -0.05) is 18.6 Å². The number of pyridine rings is 1. The molecule has 1 aliphatic rings. The number of carbonyl (C=O) groups is 1. The Balaban J connectivity index is 1.70. The molecule has 134 valence electrons. The van der Waals surface area contributed by atoms with Gasteiger partial charge in [-0.25, -0.2) is 0 Å². The van der Waals surface area contributed by atoms with Crippen LogP contribution in [0.4, 0.5) is 0 Å². The van der Waals surface area contributed by atoms with E-state index in [0.717, 1.165) is 49.2 Å². The zero-order chi connectivity index (χ0) is 18.0. The van der Waals surface area contributed by atoms with Crippen LogP contribution in [0.3, 0.4) is 0 Å². The summed E-state index contributed by atoms with van der Waals surface area (Å²) in [4.78, 5) is 32.1. The Morgan fingerprint density at radius 2 is 1.84 bits per heavy atom. The van der Waals surface area contributed by atoms with E-state index in [4.69, 9.17) is 0 Å². The maximum atomic E-state index is 12.4. The minimum atomic E-state index is -0.0805. The maximum Gasteiger partial charge on any atom is 0.251 e. The van der Waals surface area contributed by atoms with Crippen molar-refractivity contribution in [3.8, 4) is 0 Å². The number of hydrogen-bond acceptors (Lipinski definition) is 3. The molecule has 1 aromatic carbocycles. The molecular formula is C20H27N3O2. The molecule has 1 fully saturated rings. The van der Waals surface area contributed by atoms with Gasteiger partial charge in [0.25, 0.3) is 5.56 Å². The van der Waals surface area contributed by atoms with Crippen LogP contribution in [0.2, 0.25) is 0 Å². The lowest BCUT2D eigenvalue weighted by atomic mass is 10.0. The number of H-pyrrole nitrogens is 1. The van der Waals surface area contributed by atoms with Gasteiger partial charge in [0.05, 0.1) is 5.52 Å². The second kappa shape index (κ2) is 7.40. The van der Waals surface area contributed by atoms with E-state index in [-0.39, 0.29) is 11.5 Å². The molecule has 3 rings (SSSR count). The van der Waals surface area contributed by atoms with Gasteiger partial charge in [-0.2, -0.15) is 0 Å². The Hall–Kier alpha value is -2.14. The highest BCUT2D eigenvalue weighted by Gasteiger charge is 2.20. The number of fused-ring (bicyclic) bond motifs is 1. The first-order valence-corrected chi connectivity index (χ1v) is 9.11. The summed E-state index contributed by atoms with van der Waals surface area (Å²) in [5.74, 6) is 0.149. The second-order valence-corrected chi connectivity index (χ2v) is 6.98. The topological polar surface area (TPSA) is 56.4 Å². The summed E-state index contributed by atoms with van der Waals surface area (Å²) in [6.45, 7) is 10.7. The molecule has 1 aromatic heterocycles. The number of nitrogens with zero attached hydrogens (tertiary/aromatic N) is 2. The lowest BCUT2D eigenvalue weighted by Crippen LogP contribution is -2.48. The SMILES string of the molecule is CCN1CCN(C(=O)CCc2cc3cc(C)cc(C)c3[nH]c2=O)CC1. The number of rotatable bonds is 4. The molecule has 1 aliphatic heterocycles. The van der Waals surface area contributed by atoms with E-state index in [2.05, 4.69) is 35.9 Å². The molecule has 0 unspecified atom stereocenters.